The Hall–Kier alpha value is -1.33. The maximum absolute atomic E-state index is 5.21. The number of rotatable bonds is 7. The van der Waals surface area contributed by atoms with Gasteiger partial charge in [0.2, 0.25) is 0 Å². The summed E-state index contributed by atoms with van der Waals surface area (Å²) in [5.41, 5.74) is 1.25. The van der Waals surface area contributed by atoms with Crippen molar-refractivity contribution in [1.29, 1.82) is 0 Å². The van der Waals surface area contributed by atoms with Crippen LogP contribution < -0.4 is 10.1 Å². The number of imidazole rings is 1. The van der Waals surface area contributed by atoms with E-state index in [4.69, 9.17) is 4.74 Å². The zero-order valence-electron chi connectivity index (χ0n) is 11.0. The maximum Gasteiger partial charge on any atom is 0.133 e. The second kappa shape index (κ2) is 7.31. The Bertz CT molecular complexity index is 499. The minimum absolute atomic E-state index is 0.865. The van der Waals surface area contributed by atoms with Gasteiger partial charge in [0.25, 0.3) is 0 Å². The van der Waals surface area contributed by atoms with Crippen LogP contribution in [0.15, 0.2) is 41.4 Å². The molecule has 0 bridgehead atoms. The van der Waals surface area contributed by atoms with E-state index in [1.54, 1.807) is 7.11 Å². The summed E-state index contributed by atoms with van der Waals surface area (Å²) in [5.74, 6) is 0.865. The molecule has 0 radical (unpaired) electrons. The minimum Gasteiger partial charge on any atom is -0.496 e. The van der Waals surface area contributed by atoms with Gasteiger partial charge in [0, 0.05) is 25.5 Å². The summed E-state index contributed by atoms with van der Waals surface area (Å²) in [6.07, 6.45) is 6.73. The van der Waals surface area contributed by atoms with Gasteiger partial charge in [0.15, 0.2) is 0 Å². The number of nitrogens with zero attached hydrogens (tertiary/aromatic N) is 2. The minimum atomic E-state index is 0.865. The molecule has 1 aromatic carbocycles. The number of hydrogen-bond acceptors (Lipinski definition) is 3. The molecule has 0 aliphatic carbocycles. The van der Waals surface area contributed by atoms with Crippen molar-refractivity contribution in [2.45, 2.75) is 19.5 Å². The molecule has 1 N–H and O–H groups in total. The Kier molecular flexibility index (Phi) is 5.42. The fourth-order valence-corrected chi connectivity index (χ4v) is 2.45. The van der Waals surface area contributed by atoms with E-state index < -0.39 is 0 Å². The molecule has 2 aromatic rings. The summed E-state index contributed by atoms with van der Waals surface area (Å²) in [6.45, 7) is 2.85. The van der Waals surface area contributed by atoms with E-state index >= 15 is 0 Å². The van der Waals surface area contributed by atoms with Gasteiger partial charge < -0.3 is 14.6 Å². The predicted molar refractivity (Wildman–Crippen MR) is 79.2 cm³/mol. The Labute approximate surface area is 121 Å². The fraction of sp³-hybridized carbons (Fsp3) is 0.357. The van der Waals surface area contributed by atoms with Crippen LogP contribution in [-0.4, -0.2) is 23.2 Å². The highest BCUT2D eigenvalue weighted by atomic mass is 79.9. The van der Waals surface area contributed by atoms with Gasteiger partial charge in [-0.1, -0.05) is 6.07 Å². The standard InChI is InChI=1S/C14H18BrN3O/c1-19-14-4-3-12(9-13(14)15)10-16-5-2-7-18-8-6-17-11-18/h3-4,6,8-9,11,16H,2,5,7,10H2,1H3. The summed E-state index contributed by atoms with van der Waals surface area (Å²) in [7, 11) is 1.67. The molecule has 0 fully saturated rings. The van der Waals surface area contributed by atoms with Crippen LogP contribution in [0.25, 0.3) is 0 Å². The summed E-state index contributed by atoms with van der Waals surface area (Å²) in [5, 5.41) is 3.43. The van der Waals surface area contributed by atoms with E-state index in [1.807, 2.05) is 24.8 Å². The first-order valence-corrected chi connectivity index (χ1v) is 7.08. The monoisotopic (exact) mass is 323 g/mol. The number of nitrogens with one attached hydrogen (secondary N) is 1. The van der Waals surface area contributed by atoms with Crippen molar-refractivity contribution in [3.63, 3.8) is 0 Å². The van der Waals surface area contributed by atoms with Gasteiger partial charge >= 0.3 is 0 Å². The van der Waals surface area contributed by atoms with Gasteiger partial charge in [0.1, 0.15) is 5.75 Å². The second-order valence-corrected chi connectivity index (χ2v) is 5.15. The smallest absolute Gasteiger partial charge is 0.133 e. The van der Waals surface area contributed by atoms with Crippen molar-refractivity contribution in [3.05, 3.63) is 47.0 Å². The lowest BCUT2D eigenvalue weighted by Crippen LogP contribution is -2.16. The summed E-state index contributed by atoms with van der Waals surface area (Å²) >= 11 is 3.49. The molecular formula is C14H18BrN3O. The van der Waals surface area contributed by atoms with E-state index in [2.05, 4.69) is 42.9 Å². The van der Waals surface area contributed by atoms with Crippen LogP contribution in [0.2, 0.25) is 0 Å². The van der Waals surface area contributed by atoms with Crippen molar-refractivity contribution in [2.75, 3.05) is 13.7 Å². The molecule has 1 aromatic heterocycles. The zero-order chi connectivity index (χ0) is 13.5. The largest absolute Gasteiger partial charge is 0.496 e. The lowest BCUT2D eigenvalue weighted by molar-refractivity contribution is 0.412. The van der Waals surface area contributed by atoms with Crippen molar-refractivity contribution >= 4 is 15.9 Å². The molecule has 0 amide bonds. The molecule has 5 heteroatoms. The molecule has 0 aliphatic rings. The lowest BCUT2D eigenvalue weighted by Gasteiger charge is -2.08. The van der Waals surface area contributed by atoms with Crippen molar-refractivity contribution in [2.24, 2.45) is 0 Å². The molecule has 4 nitrogen and oxygen atoms in total. The quantitative estimate of drug-likeness (QED) is 0.796. The number of methoxy groups -OCH3 is 1. The van der Waals surface area contributed by atoms with E-state index in [9.17, 15) is 0 Å². The third-order valence-corrected chi connectivity index (χ3v) is 3.49. The molecule has 102 valence electrons. The van der Waals surface area contributed by atoms with Gasteiger partial charge in [-0.15, -0.1) is 0 Å². The third-order valence-electron chi connectivity index (χ3n) is 2.87. The fourth-order valence-electron chi connectivity index (χ4n) is 1.86. The molecule has 0 aliphatic heterocycles. The zero-order valence-corrected chi connectivity index (χ0v) is 12.6. The molecule has 1 heterocycles. The Morgan fingerprint density at radius 1 is 1.42 bits per heavy atom. The summed E-state index contributed by atoms with van der Waals surface area (Å²) < 4.78 is 8.29. The van der Waals surface area contributed by atoms with Crippen LogP contribution in [-0.2, 0) is 13.1 Å². The van der Waals surface area contributed by atoms with E-state index in [0.29, 0.717) is 0 Å². The number of aromatic nitrogens is 2. The average Bonchev–Trinajstić information content (AvgIpc) is 2.92. The molecular weight excluding hydrogens is 306 g/mol. The third kappa shape index (κ3) is 4.36. The highest BCUT2D eigenvalue weighted by Crippen LogP contribution is 2.25. The highest BCUT2D eigenvalue weighted by Gasteiger charge is 2.00. The van der Waals surface area contributed by atoms with Gasteiger partial charge in [-0.3, -0.25) is 0 Å². The number of hydrogen-bond donors (Lipinski definition) is 1. The molecule has 0 saturated carbocycles. The normalized spacial score (nSPS) is 10.6. The van der Waals surface area contributed by atoms with Crippen LogP contribution >= 0.6 is 15.9 Å². The van der Waals surface area contributed by atoms with Gasteiger partial charge in [-0.2, -0.15) is 0 Å². The highest BCUT2D eigenvalue weighted by molar-refractivity contribution is 9.10. The van der Waals surface area contributed by atoms with Gasteiger partial charge in [-0.25, -0.2) is 4.98 Å². The number of ether oxygens (including phenoxy) is 1. The first-order valence-electron chi connectivity index (χ1n) is 6.28. The lowest BCUT2D eigenvalue weighted by atomic mass is 10.2. The number of benzene rings is 1. The molecule has 0 saturated heterocycles. The molecule has 0 spiro atoms. The summed E-state index contributed by atoms with van der Waals surface area (Å²) in [6, 6.07) is 6.14. The van der Waals surface area contributed by atoms with Crippen LogP contribution in [0.3, 0.4) is 0 Å². The predicted octanol–water partition coefficient (Wildman–Crippen LogP) is 2.83. The first-order chi connectivity index (χ1) is 9.29. The van der Waals surface area contributed by atoms with E-state index in [1.165, 1.54) is 5.56 Å². The molecule has 0 unspecified atom stereocenters. The average molecular weight is 324 g/mol. The van der Waals surface area contributed by atoms with E-state index in [-0.39, 0.29) is 0 Å². The first kappa shape index (κ1) is 14.1. The molecule has 19 heavy (non-hydrogen) atoms. The van der Waals surface area contributed by atoms with Crippen LogP contribution in [0.5, 0.6) is 5.75 Å². The number of halogens is 1. The Balaban J connectivity index is 1.69. The Morgan fingerprint density at radius 2 is 2.32 bits per heavy atom. The van der Waals surface area contributed by atoms with Gasteiger partial charge in [0.05, 0.1) is 17.9 Å². The van der Waals surface area contributed by atoms with Crippen molar-refractivity contribution in [1.82, 2.24) is 14.9 Å². The van der Waals surface area contributed by atoms with Crippen LogP contribution in [0, 0.1) is 0 Å². The number of aryl methyl sites for hydroxylation is 1. The van der Waals surface area contributed by atoms with Crippen molar-refractivity contribution in [3.8, 4) is 5.75 Å². The van der Waals surface area contributed by atoms with Crippen LogP contribution in [0.1, 0.15) is 12.0 Å². The van der Waals surface area contributed by atoms with Crippen molar-refractivity contribution < 1.29 is 4.74 Å². The second-order valence-electron chi connectivity index (χ2n) is 4.30. The van der Waals surface area contributed by atoms with E-state index in [0.717, 1.165) is 36.3 Å². The maximum atomic E-state index is 5.21. The van der Waals surface area contributed by atoms with Crippen LogP contribution in [0.4, 0.5) is 0 Å². The Morgan fingerprint density at radius 3 is 3.00 bits per heavy atom. The molecule has 2 rings (SSSR count). The molecule has 0 atom stereocenters. The summed E-state index contributed by atoms with van der Waals surface area (Å²) in [4.78, 5) is 4.02. The topological polar surface area (TPSA) is 39.1 Å². The van der Waals surface area contributed by atoms with Gasteiger partial charge in [-0.05, 0) is 46.6 Å². The SMILES string of the molecule is COc1ccc(CNCCCn2ccnc2)cc1Br.